The summed E-state index contributed by atoms with van der Waals surface area (Å²) in [6.07, 6.45) is 0. The van der Waals surface area contributed by atoms with Crippen LogP contribution < -0.4 is 4.74 Å². The highest BCUT2D eigenvalue weighted by Gasteiger charge is 2.18. The first kappa shape index (κ1) is 16.4. The third-order valence-corrected chi connectivity index (χ3v) is 3.93. The van der Waals surface area contributed by atoms with Gasteiger partial charge in [0.1, 0.15) is 5.75 Å². The molecular formula is C21H13N3O3. The molecule has 130 valence electrons. The van der Waals surface area contributed by atoms with Crippen LogP contribution in [0.5, 0.6) is 11.6 Å². The predicted molar refractivity (Wildman–Crippen MR) is 99.8 cm³/mol. The van der Waals surface area contributed by atoms with Crippen LogP contribution in [0.15, 0.2) is 66.7 Å². The van der Waals surface area contributed by atoms with E-state index in [0.717, 1.165) is 21.9 Å². The first-order valence-electron chi connectivity index (χ1n) is 8.13. The molecule has 0 aliphatic rings. The van der Waals surface area contributed by atoms with Crippen molar-refractivity contribution in [3.8, 4) is 23.5 Å². The van der Waals surface area contributed by atoms with E-state index in [0.29, 0.717) is 5.75 Å². The van der Waals surface area contributed by atoms with Crippen LogP contribution in [0, 0.1) is 11.8 Å². The minimum Gasteiger partial charge on any atom is -0.476 e. The lowest BCUT2D eigenvalue weighted by Crippen LogP contribution is -2.00. The second-order valence-electron chi connectivity index (χ2n) is 5.67. The average molecular weight is 355 g/mol. The van der Waals surface area contributed by atoms with Crippen molar-refractivity contribution in [2.24, 2.45) is 0 Å². The first-order valence-corrected chi connectivity index (χ1v) is 8.13. The van der Waals surface area contributed by atoms with E-state index in [1.54, 1.807) is 6.07 Å². The second-order valence-corrected chi connectivity index (χ2v) is 5.67. The van der Waals surface area contributed by atoms with Gasteiger partial charge in [0.05, 0.1) is 0 Å². The van der Waals surface area contributed by atoms with Gasteiger partial charge >= 0.3 is 5.97 Å². The van der Waals surface area contributed by atoms with Crippen LogP contribution in [0.4, 0.5) is 0 Å². The van der Waals surface area contributed by atoms with Gasteiger partial charge in [-0.15, -0.1) is 5.10 Å². The number of benzene rings is 3. The highest BCUT2D eigenvalue weighted by Crippen LogP contribution is 2.32. The van der Waals surface area contributed by atoms with Gasteiger partial charge < -0.3 is 9.84 Å². The number of carbonyl (C=O) groups is 1. The fourth-order valence-corrected chi connectivity index (χ4v) is 2.67. The van der Waals surface area contributed by atoms with Crippen LogP contribution in [0.1, 0.15) is 21.6 Å². The van der Waals surface area contributed by atoms with E-state index in [1.807, 2.05) is 60.7 Å². The number of aromatic amines is 1. The Hall–Kier alpha value is -4.11. The summed E-state index contributed by atoms with van der Waals surface area (Å²) < 4.78 is 5.73. The van der Waals surface area contributed by atoms with Gasteiger partial charge in [0.2, 0.25) is 5.69 Å². The molecule has 2 N–H and O–H groups in total. The van der Waals surface area contributed by atoms with E-state index >= 15 is 0 Å². The highest BCUT2D eigenvalue weighted by atomic mass is 16.5. The maximum absolute atomic E-state index is 11.2. The lowest BCUT2D eigenvalue weighted by molar-refractivity contribution is 0.0687. The smallest absolute Gasteiger partial charge is 0.362 e. The molecule has 0 bridgehead atoms. The number of nitrogens with one attached hydrogen (secondary N) is 1. The first-order chi connectivity index (χ1) is 13.2. The lowest BCUT2D eigenvalue weighted by Gasteiger charge is -2.09. The maximum Gasteiger partial charge on any atom is 0.362 e. The predicted octanol–water partition coefficient (Wildman–Crippen LogP) is 3.85. The molecule has 0 atom stereocenters. The summed E-state index contributed by atoms with van der Waals surface area (Å²) in [5, 5.41) is 20.3. The van der Waals surface area contributed by atoms with E-state index in [4.69, 9.17) is 9.84 Å². The summed E-state index contributed by atoms with van der Waals surface area (Å²) in [5.41, 5.74) is 1.51. The van der Waals surface area contributed by atoms with Gasteiger partial charge in [0, 0.05) is 21.9 Å². The fourth-order valence-electron chi connectivity index (χ4n) is 2.67. The molecule has 1 aromatic heterocycles. The molecule has 3 aromatic carbocycles. The largest absolute Gasteiger partial charge is 0.476 e. The number of fused-ring (bicyclic) bond motifs is 1. The third-order valence-electron chi connectivity index (χ3n) is 3.93. The third kappa shape index (κ3) is 3.34. The zero-order chi connectivity index (χ0) is 18.6. The summed E-state index contributed by atoms with van der Waals surface area (Å²) in [6, 6.07) is 21.0. The Balaban J connectivity index is 1.76. The molecule has 27 heavy (non-hydrogen) atoms. The van der Waals surface area contributed by atoms with Crippen molar-refractivity contribution >= 4 is 16.7 Å². The zero-order valence-electron chi connectivity index (χ0n) is 14.0. The number of H-pyrrole nitrogens is 1. The summed E-state index contributed by atoms with van der Waals surface area (Å²) in [6.45, 7) is 0. The van der Waals surface area contributed by atoms with Crippen LogP contribution >= 0.6 is 0 Å². The van der Waals surface area contributed by atoms with Crippen molar-refractivity contribution in [1.82, 2.24) is 15.4 Å². The zero-order valence-corrected chi connectivity index (χ0v) is 14.0. The lowest BCUT2D eigenvalue weighted by atomic mass is 10.0. The molecule has 0 amide bonds. The van der Waals surface area contributed by atoms with Gasteiger partial charge in [0.15, 0.2) is 0 Å². The molecule has 6 heteroatoms. The molecule has 1 heterocycles. The Morgan fingerprint density at radius 1 is 0.926 bits per heavy atom. The molecule has 6 nitrogen and oxygen atoms in total. The van der Waals surface area contributed by atoms with Crippen LogP contribution in [0.2, 0.25) is 0 Å². The second kappa shape index (κ2) is 7.02. The monoisotopic (exact) mass is 355 g/mol. The number of nitrogens with zero attached hydrogens (tertiary/aromatic N) is 2. The Morgan fingerprint density at radius 3 is 2.44 bits per heavy atom. The molecule has 0 saturated carbocycles. The normalized spacial score (nSPS) is 10.2. The molecule has 0 unspecified atom stereocenters. The van der Waals surface area contributed by atoms with E-state index in [-0.39, 0.29) is 11.6 Å². The average Bonchev–Trinajstić information content (AvgIpc) is 3.17. The molecular weight excluding hydrogens is 342 g/mol. The van der Waals surface area contributed by atoms with Crippen LogP contribution in [0.25, 0.3) is 10.8 Å². The van der Waals surface area contributed by atoms with Crippen molar-refractivity contribution in [1.29, 1.82) is 0 Å². The summed E-state index contributed by atoms with van der Waals surface area (Å²) in [7, 11) is 0. The van der Waals surface area contributed by atoms with Gasteiger partial charge in [-0.1, -0.05) is 59.5 Å². The van der Waals surface area contributed by atoms with Gasteiger partial charge in [-0.25, -0.2) is 9.89 Å². The SMILES string of the molecule is O=C(O)c1nn[nH]c1Oc1ccc(C#Cc2ccccc2)c2ccccc12. The number of hydrogen-bond donors (Lipinski definition) is 2. The van der Waals surface area contributed by atoms with Gasteiger partial charge in [-0.2, -0.15) is 0 Å². The van der Waals surface area contributed by atoms with Gasteiger partial charge in [-0.3, -0.25) is 0 Å². The number of aromatic nitrogens is 3. The number of carboxylic acids is 1. The van der Waals surface area contributed by atoms with Crippen LogP contribution in [0.3, 0.4) is 0 Å². The van der Waals surface area contributed by atoms with Gasteiger partial charge in [-0.05, 0) is 24.3 Å². The molecule has 4 rings (SSSR count). The number of hydrogen-bond acceptors (Lipinski definition) is 4. The Bertz CT molecular complexity index is 1190. The minimum atomic E-state index is -1.21. The van der Waals surface area contributed by atoms with Crippen molar-refractivity contribution in [3.05, 3.63) is 83.6 Å². The van der Waals surface area contributed by atoms with Crippen molar-refractivity contribution < 1.29 is 14.6 Å². The van der Waals surface area contributed by atoms with E-state index in [2.05, 4.69) is 27.3 Å². The Kier molecular flexibility index (Phi) is 4.25. The van der Waals surface area contributed by atoms with E-state index in [9.17, 15) is 4.79 Å². The summed E-state index contributed by atoms with van der Waals surface area (Å²) in [5.74, 6) is 5.59. The van der Waals surface area contributed by atoms with E-state index < -0.39 is 5.97 Å². The van der Waals surface area contributed by atoms with Crippen molar-refractivity contribution in [3.63, 3.8) is 0 Å². The molecule has 0 aliphatic heterocycles. The number of ether oxygens (including phenoxy) is 1. The Morgan fingerprint density at radius 2 is 1.67 bits per heavy atom. The summed E-state index contributed by atoms with van der Waals surface area (Å²) in [4.78, 5) is 11.2. The maximum atomic E-state index is 11.2. The van der Waals surface area contributed by atoms with Gasteiger partial charge in [0.25, 0.3) is 5.88 Å². The molecule has 0 radical (unpaired) electrons. The van der Waals surface area contributed by atoms with Crippen molar-refractivity contribution in [2.45, 2.75) is 0 Å². The quantitative estimate of drug-likeness (QED) is 0.545. The molecule has 4 aromatic rings. The molecule has 0 spiro atoms. The van der Waals surface area contributed by atoms with Crippen LogP contribution in [-0.2, 0) is 0 Å². The molecule has 0 aliphatic carbocycles. The molecule has 0 fully saturated rings. The standard InChI is InChI=1S/C21H13N3O3/c25-21(26)19-20(23-24-22-19)27-18-13-12-15(16-8-4-5-9-17(16)18)11-10-14-6-2-1-3-7-14/h1-9,12-13H,(H,25,26)(H,22,23,24). The Labute approximate surface area is 154 Å². The van der Waals surface area contributed by atoms with E-state index in [1.165, 1.54) is 0 Å². The number of aromatic carboxylic acids is 1. The topological polar surface area (TPSA) is 88.1 Å². The highest BCUT2D eigenvalue weighted by molar-refractivity contribution is 5.94. The number of carboxylic acid groups (broad SMARTS) is 1. The fraction of sp³-hybridized carbons (Fsp3) is 0. The summed E-state index contributed by atoms with van der Waals surface area (Å²) >= 11 is 0. The number of rotatable bonds is 3. The van der Waals surface area contributed by atoms with Crippen LogP contribution in [-0.4, -0.2) is 26.5 Å². The molecule has 0 saturated heterocycles. The minimum absolute atomic E-state index is 0.0178. The van der Waals surface area contributed by atoms with Crippen molar-refractivity contribution in [2.75, 3.05) is 0 Å².